The number of hydrogen-bond acceptors (Lipinski definition) is 5. The summed E-state index contributed by atoms with van der Waals surface area (Å²) in [5.74, 6) is -1.44. The Kier molecular flexibility index (Phi) is 5.12. The van der Waals surface area contributed by atoms with Gasteiger partial charge in [-0.3, -0.25) is 4.79 Å². The van der Waals surface area contributed by atoms with Gasteiger partial charge in [0.1, 0.15) is 6.04 Å². The highest BCUT2D eigenvalue weighted by Crippen LogP contribution is 2.30. The third-order valence-electron chi connectivity index (χ3n) is 3.66. The van der Waals surface area contributed by atoms with Gasteiger partial charge in [0.05, 0.1) is 11.0 Å². The number of sulfonamides is 1. The van der Waals surface area contributed by atoms with Crippen molar-refractivity contribution in [3.63, 3.8) is 0 Å². The maximum Gasteiger partial charge on any atom is 0.324 e. The lowest BCUT2D eigenvalue weighted by Gasteiger charge is -2.19. The number of carboxylic acids is 1. The molecule has 0 saturated heterocycles. The SMILES string of the molecule is CC(O)C(NS(=O)(=O)c1cccc2c(N(C)C)cccc12)C(=O)O. The maximum atomic E-state index is 12.6. The highest BCUT2D eigenvalue weighted by molar-refractivity contribution is 7.89. The van der Waals surface area contributed by atoms with Crippen LogP contribution in [0.25, 0.3) is 10.8 Å². The average Bonchev–Trinajstić information content (AvgIpc) is 2.50. The summed E-state index contributed by atoms with van der Waals surface area (Å²) in [5.41, 5.74) is 0.842. The highest BCUT2D eigenvalue weighted by atomic mass is 32.2. The first kappa shape index (κ1) is 18.2. The zero-order valence-electron chi connectivity index (χ0n) is 13.6. The van der Waals surface area contributed by atoms with Gasteiger partial charge in [-0.15, -0.1) is 0 Å². The van der Waals surface area contributed by atoms with Crippen molar-refractivity contribution in [1.29, 1.82) is 0 Å². The van der Waals surface area contributed by atoms with E-state index in [9.17, 15) is 18.3 Å². The second-order valence-electron chi connectivity index (χ2n) is 5.70. The molecule has 0 aliphatic rings. The number of aliphatic hydroxyl groups is 1. The van der Waals surface area contributed by atoms with Gasteiger partial charge >= 0.3 is 5.97 Å². The lowest BCUT2D eigenvalue weighted by atomic mass is 10.1. The lowest BCUT2D eigenvalue weighted by Crippen LogP contribution is -2.47. The smallest absolute Gasteiger partial charge is 0.324 e. The van der Waals surface area contributed by atoms with E-state index in [1.807, 2.05) is 25.1 Å². The second-order valence-corrected chi connectivity index (χ2v) is 7.38. The van der Waals surface area contributed by atoms with Crippen LogP contribution in [0.15, 0.2) is 41.3 Å². The zero-order valence-corrected chi connectivity index (χ0v) is 14.4. The van der Waals surface area contributed by atoms with Crippen molar-refractivity contribution >= 4 is 32.5 Å². The lowest BCUT2D eigenvalue weighted by molar-refractivity contribution is -0.141. The number of anilines is 1. The third-order valence-corrected chi connectivity index (χ3v) is 5.16. The summed E-state index contributed by atoms with van der Waals surface area (Å²) in [5, 5.41) is 19.8. The summed E-state index contributed by atoms with van der Waals surface area (Å²) in [6, 6.07) is 8.44. The van der Waals surface area contributed by atoms with Gasteiger partial charge in [-0.05, 0) is 19.1 Å². The molecule has 130 valence electrons. The van der Waals surface area contributed by atoms with Crippen LogP contribution < -0.4 is 9.62 Å². The van der Waals surface area contributed by atoms with Gasteiger partial charge in [0, 0.05) is 30.6 Å². The molecule has 0 aliphatic heterocycles. The molecule has 2 rings (SSSR count). The van der Waals surface area contributed by atoms with Crippen LogP contribution in [0, 0.1) is 0 Å². The first-order chi connectivity index (χ1) is 11.1. The molecule has 0 fully saturated rings. The number of nitrogens with one attached hydrogen (secondary N) is 1. The van der Waals surface area contributed by atoms with Gasteiger partial charge in [0.25, 0.3) is 0 Å². The zero-order chi connectivity index (χ0) is 18.1. The summed E-state index contributed by atoms with van der Waals surface area (Å²) in [6.45, 7) is 1.22. The van der Waals surface area contributed by atoms with Crippen LogP contribution in [0.2, 0.25) is 0 Å². The van der Waals surface area contributed by atoms with Crippen LogP contribution in [-0.2, 0) is 14.8 Å². The van der Waals surface area contributed by atoms with Crippen LogP contribution in [0.5, 0.6) is 0 Å². The predicted octanol–water partition coefficient (Wildman–Crippen LogP) is 1.02. The molecule has 0 bridgehead atoms. The molecule has 0 amide bonds. The summed E-state index contributed by atoms with van der Waals surface area (Å²) >= 11 is 0. The average molecular weight is 352 g/mol. The van der Waals surface area contributed by atoms with Crippen molar-refractivity contribution in [2.24, 2.45) is 0 Å². The van der Waals surface area contributed by atoms with E-state index in [0.29, 0.717) is 5.39 Å². The summed E-state index contributed by atoms with van der Waals surface area (Å²) in [6.07, 6.45) is -1.37. The van der Waals surface area contributed by atoms with Crippen LogP contribution in [0.1, 0.15) is 6.92 Å². The Labute approximate surface area is 140 Å². The first-order valence-electron chi connectivity index (χ1n) is 7.27. The molecule has 0 aromatic heterocycles. The summed E-state index contributed by atoms with van der Waals surface area (Å²) in [4.78, 5) is 13.0. The van der Waals surface area contributed by atoms with Gasteiger partial charge < -0.3 is 15.1 Å². The van der Waals surface area contributed by atoms with Crippen molar-refractivity contribution in [3.05, 3.63) is 36.4 Å². The fourth-order valence-electron chi connectivity index (χ4n) is 2.47. The van der Waals surface area contributed by atoms with E-state index < -0.39 is 28.1 Å². The monoisotopic (exact) mass is 352 g/mol. The predicted molar refractivity (Wildman–Crippen MR) is 91.7 cm³/mol. The van der Waals surface area contributed by atoms with E-state index in [4.69, 9.17) is 5.11 Å². The number of aliphatic hydroxyl groups excluding tert-OH is 1. The van der Waals surface area contributed by atoms with Crippen molar-refractivity contribution in [1.82, 2.24) is 4.72 Å². The number of carboxylic acid groups (broad SMARTS) is 1. The first-order valence-corrected chi connectivity index (χ1v) is 8.75. The minimum atomic E-state index is -4.13. The van der Waals surface area contributed by atoms with Crippen LogP contribution in [0.4, 0.5) is 5.69 Å². The van der Waals surface area contributed by atoms with Crippen LogP contribution in [-0.4, -0.2) is 50.8 Å². The number of fused-ring (bicyclic) bond motifs is 1. The van der Waals surface area contributed by atoms with Gasteiger partial charge in [0.2, 0.25) is 10.0 Å². The molecule has 24 heavy (non-hydrogen) atoms. The van der Waals surface area contributed by atoms with Crippen LogP contribution >= 0.6 is 0 Å². The molecule has 8 heteroatoms. The summed E-state index contributed by atoms with van der Waals surface area (Å²) < 4.78 is 27.4. The van der Waals surface area contributed by atoms with Crippen molar-refractivity contribution < 1.29 is 23.4 Å². The van der Waals surface area contributed by atoms with E-state index in [2.05, 4.69) is 4.72 Å². The number of nitrogens with zero attached hydrogens (tertiary/aromatic N) is 1. The van der Waals surface area contributed by atoms with Gasteiger partial charge in [0.15, 0.2) is 0 Å². The molecule has 2 aromatic carbocycles. The number of aliphatic carboxylic acids is 1. The van der Waals surface area contributed by atoms with E-state index in [1.54, 1.807) is 24.3 Å². The molecular formula is C16H20N2O5S. The Bertz CT molecular complexity index is 862. The number of benzene rings is 2. The molecule has 2 atom stereocenters. The van der Waals surface area contributed by atoms with E-state index in [1.165, 1.54) is 13.0 Å². The molecule has 0 radical (unpaired) electrons. The number of hydrogen-bond donors (Lipinski definition) is 3. The molecule has 0 heterocycles. The second kappa shape index (κ2) is 6.76. The number of carbonyl (C=O) groups is 1. The van der Waals surface area contributed by atoms with E-state index in [-0.39, 0.29) is 4.90 Å². The minimum absolute atomic E-state index is 0.0319. The summed E-state index contributed by atoms with van der Waals surface area (Å²) in [7, 11) is -0.429. The van der Waals surface area contributed by atoms with Crippen molar-refractivity contribution in [3.8, 4) is 0 Å². The fourth-order valence-corrected chi connectivity index (χ4v) is 3.96. The molecule has 0 aliphatic carbocycles. The van der Waals surface area contributed by atoms with E-state index >= 15 is 0 Å². The topological polar surface area (TPSA) is 107 Å². The largest absolute Gasteiger partial charge is 0.480 e. The van der Waals surface area contributed by atoms with Gasteiger partial charge in [-0.25, -0.2) is 8.42 Å². The minimum Gasteiger partial charge on any atom is -0.480 e. The molecule has 0 saturated carbocycles. The standard InChI is InChI=1S/C16H20N2O5S/c1-10(19)15(16(20)21)17-24(22,23)14-9-5-6-11-12(14)7-4-8-13(11)18(2)3/h4-10,15,17,19H,1-3H3,(H,20,21). The molecule has 3 N–H and O–H groups in total. The van der Waals surface area contributed by atoms with E-state index in [0.717, 1.165) is 11.1 Å². The highest BCUT2D eigenvalue weighted by Gasteiger charge is 2.30. The van der Waals surface area contributed by atoms with Crippen molar-refractivity contribution in [2.45, 2.75) is 24.0 Å². The third kappa shape index (κ3) is 3.50. The van der Waals surface area contributed by atoms with Crippen molar-refractivity contribution in [2.75, 3.05) is 19.0 Å². The molecular weight excluding hydrogens is 332 g/mol. The molecule has 7 nitrogen and oxygen atoms in total. The Hall–Kier alpha value is -2.16. The number of rotatable bonds is 6. The normalized spacial score (nSPS) is 14.3. The fraction of sp³-hybridized carbons (Fsp3) is 0.312. The molecule has 2 unspecified atom stereocenters. The van der Waals surface area contributed by atoms with Gasteiger partial charge in [-0.2, -0.15) is 4.72 Å². The Balaban J connectivity index is 2.59. The molecule has 2 aromatic rings. The van der Waals surface area contributed by atoms with Crippen LogP contribution in [0.3, 0.4) is 0 Å². The molecule has 0 spiro atoms. The van der Waals surface area contributed by atoms with Gasteiger partial charge in [-0.1, -0.05) is 24.3 Å². The Morgan fingerprint density at radius 2 is 1.71 bits per heavy atom. The Morgan fingerprint density at radius 1 is 1.12 bits per heavy atom. The Morgan fingerprint density at radius 3 is 2.25 bits per heavy atom. The quantitative estimate of drug-likeness (QED) is 0.716. The maximum absolute atomic E-state index is 12.6.